The van der Waals surface area contributed by atoms with Crippen LogP contribution in [0.4, 0.5) is 8.78 Å². The van der Waals surface area contributed by atoms with E-state index in [1.807, 2.05) is 6.92 Å². The van der Waals surface area contributed by atoms with Gasteiger partial charge in [0.05, 0.1) is 18.5 Å². The minimum Gasteiger partial charge on any atom is -0.345 e. The van der Waals surface area contributed by atoms with E-state index in [1.54, 1.807) is 24.3 Å². The van der Waals surface area contributed by atoms with Crippen molar-refractivity contribution in [3.63, 3.8) is 0 Å². The number of fused-ring (bicyclic) bond motifs is 1. The third-order valence-corrected chi connectivity index (χ3v) is 3.86. The van der Waals surface area contributed by atoms with Gasteiger partial charge in [0.25, 0.3) is 17.4 Å². The predicted octanol–water partition coefficient (Wildman–Crippen LogP) is 1.91. The maximum absolute atomic E-state index is 13.3. The van der Waals surface area contributed by atoms with Gasteiger partial charge in [-0.3, -0.25) is 9.59 Å². The van der Waals surface area contributed by atoms with E-state index in [0.717, 1.165) is 19.3 Å². The van der Waals surface area contributed by atoms with Gasteiger partial charge >= 0.3 is 0 Å². The number of halogens is 2. The van der Waals surface area contributed by atoms with Crippen LogP contribution in [-0.4, -0.2) is 34.7 Å². The summed E-state index contributed by atoms with van der Waals surface area (Å²) in [4.78, 5) is 24.8. The van der Waals surface area contributed by atoms with E-state index < -0.39 is 24.9 Å². The van der Waals surface area contributed by atoms with E-state index in [0.29, 0.717) is 17.3 Å². The largest absolute Gasteiger partial charge is 0.345 e. The maximum Gasteiger partial charge on any atom is 0.277 e. The third kappa shape index (κ3) is 4.60. The summed E-state index contributed by atoms with van der Waals surface area (Å²) >= 11 is 0. The molecule has 1 aromatic heterocycles. The van der Waals surface area contributed by atoms with E-state index >= 15 is 0 Å². The van der Waals surface area contributed by atoms with E-state index in [9.17, 15) is 18.4 Å². The van der Waals surface area contributed by atoms with E-state index in [-0.39, 0.29) is 11.3 Å². The Bertz CT molecular complexity index is 805. The molecule has 0 bridgehead atoms. The number of hydrogen-bond acceptors (Lipinski definition) is 4. The van der Waals surface area contributed by atoms with Crippen molar-refractivity contribution in [3.8, 4) is 0 Å². The molecule has 6 nitrogen and oxygen atoms in total. The van der Waals surface area contributed by atoms with Crippen LogP contribution in [0.3, 0.4) is 0 Å². The van der Waals surface area contributed by atoms with E-state index in [2.05, 4.69) is 10.4 Å². The molecule has 0 radical (unpaired) electrons. The molecule has 3 N–H and O–H groups in total. The summed E-state index contributed by atoms with van der Waals surface area (Å²) in [5.41, 5.74) is 4.63. The molecule has 1 aromatic carbocycles. The number of alkyl halides is 2. The van der Waals surface area contributed by atoms with Gasteiger partial charge in [-0.25, -0.2) is 13.5 Å². The van der Waals surface area contributed by atoms with Gasteiger partial charge in [0.1, 0.15) is 0 Å². The molecular weight excluding hydrogens is 330 g/mol. The summed E-state index contributed by atoms with van der Waals surface area (Å²) in [5, 5.41) is 6.94. The topological polar surface area (TPSA) is 90.0 Å². The molecule has 1 heterocycles. The van der Waals surface area contributed by atoms with Crippen LogP contribution >= 0.6 is 0 Å². The van der Waals surface area contributed by atoms with E-state index in [1.165, 1.54) is 4.68 Å². The second-order valence-corrected chi connectivity index (χ2v) is 5.87. The molecule has 0 saturated carbocycles. The van der Waals surface area contributed by atoms with Crippen molar-refractivity contribution >= 4 is 16.7 Å². The van der Waals surface area contributed by atoms with Crippen LogP contribution in [0.25, 0.3) is 10.8 Å². The van der Waals surface area contributed by atoms with Crippen LogP contribution < -0.4 is 16.6 Å². The molecular formula is C17H22F2N4O2. The van der Waals surface area contributed by atoms with Crippen LogP contribution in [0.15, 0.2) is 29.1 Å². The zero-order valence-corrected chi connectivity index (χ0v) is 14.1. The summed E-state index contributed by atoms with van der Waals surface area (Å²) in [6.45, 7) is 0.662. The molecule has 0 fully saturated rings. The normalized spacial score (nSPS) is 11.7. The average Bonchev–Trinajstić information content (AvgIpc) is 2.62. The zero-order chi connectivity index (χ0) is 18.4. The Morgan fingerprint density at radius 2 is 1.96 bits per heavy atom. The van der Waals surface area contributed by atoms with E-state index in [4.69, 9.17) is 5.73 Å². The first-order valence-corrected chi connectivity index (χ1v) is 8.25. The smallest absolute Gasteiger partial charge is 0.277 e. The molecule has 0 unspecified atom stereocenters. The van der Waals surface area contributed by atoms with Crippen LogP contribution in [0.2, 0.25) is 0 Å². The summed E-state index contributed by atoms with van der Waals surface area (Å²) in [5.74, 6) is -3.95. The highest BCUT2D eigenvalue weighted by Crippen LogP contribution is 2.15. The van der Waals surface area contributed by atoms with Crippen molar-refractivity contribution in [3.05, 3.63) is 40.3 Å². The van der Waals surface area contributed by atoms with Gasteiger partial charge in [0.2, 0.25) is 0 Å². The van der Waals surface area contributed by atoms with Crippen LogP contribution in [0.1, 0.15) is 36.7 Å². The zero-order valence-electron chi connectivity index (χ0n) is 14.1. The molecule has 2 aromatic rings. The number of aryl methyl sites for hydroxylation is 1. The molecule has 8 heteroatoms. The highest BCUT2D eigenvalue weighted by molar-refractivity contribution is 6.04. The first-order chi connectivity index (χ1) is 11.9. The molecule has 0 aliphatic heterocycles. The van der Waals surface area contributed by atoms with Crippen molar-refractivity contribution < 1.29 is 13.6 Å². The van der Waals surface area contributed by atoms with Crippen molar-refractivity contribution in [2.75, 3.05) is 13.1 Å². The third-order valence-electron chi connectivity index (χ3n) is 3.86. The minimum atomic E-state index is -3.19. The maximum atomic E-state index is 13.3. The number of nitrogens with zero attached hydrogens (tertiary/aromatic N) is 2. The van der Waals surface area contributed by atoms with Gasteiger partial charge in [-0.05, 0) is 12.5 Å². The predicted molar refractivity (Wildman–Crippen MR) is 91.9 cm³/mol. The second kappa shape index (κ2) is 8.15. The summed E-state index contributed by atoms with van der Waals surface area (Å²) < 4.78 is 27.8. The number of amides is 1. The van der Waals surface area contributed by atoms with Gasteiger partial charge in [-0.1, -0.05) is 38.0 Å². The van der Waals surface area contributed by atoms with Crippen LogP contribution in [0.5, 0.6) is 0 Å². The summed E-state index contributed by atoms with van der Waals surface area (Å²) in [6.07, 6.45) is 2.64. The van der Waals surface area contributed by atoms with Crippen molar-refractivity contribution in [1.82, 2.24) is 15.1 Å². The number of hydrogen-bond donors (Lipinski definition) is 2. The fraction of sp³-hybridized carbons (Fsp3) is 0.471. The Morgan fingerprint density at radius 1 is 1.28 bits per heavy atom. The van der Waals surface area contributed by atoms with Crippen LogP contribution in [0, 0.1) is 0 Å². The number of nitrogens with one attached hydrogen (secondary N) is 1. The Morgan fingerprint density at radius 3 is 2.60 bits per heavy atom. The van der Waals surface area contributed by atoms with Crippen LogP contribution in [-0.2, 0) is 6.54 Å². The number of carbonyl (C=O) groups excluding carboxylic acids is 1. The summed E-state index contributed by atoms with van der Waals surface area (Å²) in [7, 11) is 0. The SMILES string of the molecule is CCCCCn1nc(C(=O)NCC(F)(F)CN)c2ccccc2c1=O. The average molecular weight is 352 g/mol. The highest BCUT2D eigenvalue weighted by atomic mass is 19.3. The van der Waals surface area contributed by atoms with Crippen molar-refractivity contribution in [1.29, 1.82) is 0 Å². The van der Waals surface area contributed by atoms with Gasteiger partial charge in [-0.15, -0.1) is 0 Å². The molecule has 0 spiro atoms. The molecule has 2 rings (SSSR count). The number of unbranched alkanes of at least 4 members (excludes halogenated alkanes) is 2. The number of rotatable bonds is 8. The number of carbonyl (C=O) groups is 1. The van der Waals surface area contributed by atoms with Crippen molar-refractivity contribution in [2.45, 2.75) is 38.7 Å². The lowest BCUT2D eigenvalue weighted by Gasteiger charge is -2.15. The number of nitrogens with two attached hydrogens (primary N) is 1. The molecule has 25 heavy (non-hydrogen) atoms. The Balaban J connectivity index is 2.38. The standard InChI is InChI=1S/C17H22F2N4O2/c1-2-3-6-9-23-16(25)13-8-5-4-7-12(13)14(22-23)15(24)21-11-17(18,19)10-20/h4-5,7-8H,2-3,6,9-11,20H2,1H3,(H,21,24). The first-order valence-electron chi connectivity index (χ1n) is 8.25. The van der Waals surface area contributed by atoms with Gasteiger partial charge in [0, 0.05) is 11.9 Å². The highest BCUT2D eigenvalue weighted by Gasteiger charge is 2.28. The molecule has 0 aliphatic carbocycles. The lowest BCUT2D eigenvalue weighted by atomic mass is 10.1. The molecule has 0 aliphatic rings. The molecule has 136 valence electrons. The van der Waals surface area contributed by atoms with Crippen molar-refractivity contribution in [2.24, 2.45) is 5.73 Å². The van der Waals surface area contributed by atoms with Gasteiger partial charge in [0.15, 0.2) is 5.69 Å². The quantitative estimate of drug-likeness (QED) is 0.710. The lowest BCUT2D eigenvalue weighted by Crippen LogP contribution is -2.42. The second-order valence-electron chi connectivity index (χ2n) is 5.87. The Kier molecular flexibility index (Phi) is 6.19. The number of aromatic nitrogens is 2. The Hall–Kier alpha value is -2.35. The summed E-state index contributed by atoms with van der Waals surface area (Å²) in [6, 6.07) is 6.53. The van der Waals surface area contributed by atoms with Gasteiger partial charge < -0.3 is 11.1 Å². The fourth-order valence-electron chi connectivity index (χ4n) is 2.43. The first kappa shape index (κ1) is 19.0. The number of benzene rings is 1. The fourth-order valence-corrected chi connectivity index (χ4v) is 2.43. The van der Waals surface area contributed by atoms with Gasteiger partial charge in [-0.2, -0.15) is 5.10 Å². The molecule has 0 saturated heterocycles. The monoisotopic (exact) mass is 352 g/mol. The molecule has 1 amide bonds. The molecule has 0 atom stereocenters. The minimum absolute atomic E-state index is 0.0421. The lowest BCUT2D eigenvalue weighted by molar-refractivity contribution is 0.0118. The Labute approximate surface area is 144 Å².